The molecule has 100 valence electrons. The molecule has 18 heavy (non-hydrogen) atoms. The van der Waals surface area contributed by atoms with Gasteiger partial charge in [-0.15, -0.1) is 0 Å². The molecule has 1 aliphatic carbocycles. The third kappa shape index (κ3) is 3.94. The Kier molecular flexibility index (Phi) is 4.52. The molecule has 6 heteroatoms. The van der Waals surface area contributed by atoms with Crippen molar-refractivity contribution < 1.29 is 4.21 Å². The van der Waals surface area contributed by atoms with Gasteiger partial charge in [-0.3, -0.25) is 4.21 Å². The largest absolute Gasteiger partial charge is 0.373 e. The number of anilines is 2. The fourth-order valence-corrected chi connectivity index (χ4v) is 2.25. The van der Waals surface area contributed by atoms with E-state index >= 15 is 0 Å². The molecule has 0 saturated heterocycles. The van der Waals surface area contributed by atoms with E-state index in [0.717, 1.165) is 36.2 Å². The first-order valence-electron chi connectivity index (χ1n) is 6.29. The van der Waals surface area contributed by atoms with E-state index in [2.05, 4.69) is 20.6 Å². The summed E-state index contributed by atoms with van der Waals surface area (Å²) >= 11 is 0. The molecule has 0 bridgehead atoms. The van der Waals surface area contributed by atoms with Crippen molar-refractivity contribution in [3.8, 4) is 0 Å². The predicted octanol–water partition coefficient (Wildman–Crippen LogP) is 1.58. The summed E-state index contributed by atoms with van der Waals surface area (Å²) in [5.74, 6) is 3.92. The van der Waals surface area contributed by atoms with Crippen LogP contribution in [0.1, 0.15) is 31.0 Å². The van der Waals surface area contributed by atoms with Gasteiger partial charge >= 0.3 is 0 Å². The van der Waals surface area contributed by atoms with E-state index in [1.807, 2.05) is 13.1 Å². The zero-order chi connectivity index (χ0) is 13.0. The number of rotatable bonds is 7. The fourth-order valence-electron chi connectivity index (χ4n) is 1.70. The maximum absolute atomic E-state index is 11.0. The van der Waals surface area contributed by atoms with E-state index < -0.39 is 10.8 Å². The van der Waals surface area contributed by atoms with Crippen molar-refractivity contribution in [3.63, 3.8) is 0 Å². The number of aromatic nitrogens is 2. The lowest BCUT2D eigenvalue weighted by Gasteiger charge is -2.09. The maximum atomic E-state index is 11.0. The van der Waals surface area contributed by atoms with Crippen molar-refractivity contribution in [2.75, 3.05) is 36.2 Å². The summed E-state index contributed by atoms with van der Waals surface area (Å²) in [5, 5.41) is 6.33. The van der Waals surface area contributed by atoms with Gasteiger partial charge in [0.05, 0.1) is 0 Å². The molecular formula is C12H20N4OS. The number of nitrogens with zero attached hydrogens (tertiary/aromatic N) is 2. The van der Waals surface area contributed by atoms with Crippen LogP contribution in [0.2, 0.25) is 0 Å². The minimum atomic E-state index is -0.716. The van der Waals surface area contributed by atoms with Crippen molar-refractivity contribution in [2.45, 2.75) is 25.2 Å². The number of hydrogen-bond acceptors (Lipinski definition) is 5. The minimum absolute atomic E-state index is 0.544. The zero-order valence-electron chi connectivity index (χ0n) is 10.9. The van der Waals surface area contributed by atoms with Crippen LogP contribution in [-0.2, 0) is 10.8 Å². The third-order valence-electron chi connectivity index (χ3n) is 2.86. The molecule has 1 atom stereocenters. The van der Waals surface area contributed by atoms with Crippen molar-refractivity contribution in [1.29, 1.82) is 0 Å². The Hall–Kier alpha value is -1.17. The van der Waals surface area contributed by atoms with Crippen LogP contribution in [0.5, 0.6) is 0 Å². The van der Waals surface area contributed by atoms with Crippen LogP contribution in [0.4, 0.5) is 11.6 Å². The van der Waals surface area contributed by atoms with Crippen molar-refractivity contribution in [2.24, 2.45) is 0 Å². The Morgan fingerprint density at radius 1 is 1.39 bits per heavy atom. The lowest BCUT2D eigenvalue weighted by Crippen LogP contribution is -2.09. The van der Waals surface area contributed by atoms with Crippen LogP contribution in [0.25, 0.3) is 0 Å². The van der Waals surface area contributed by atoms with Crippen molar-refractivity contribution >= 4 is 22.4 Å². The highest BCUT2D eigenvalue weighted by molar-refractivity contribution is 7.84. The van der Waals surface area contributed by atoms with Gasteiger partial charge in [-0.2, -0.15) is 0 Å². The van der Waals surface area contributed by atoms with Crippen LogP contribution in [0, 0.1) is 0 Å². The first-order chi connectivity index (χ1) is 8.69. The van der Waals surface area contributed by atoms with Gasteiger partial charge in [-0.25, -0.2) is 9.97 Å². The normalized spacial score (nSPS) is 16.3. The van der Waals surface area contributed by atoms with E-state index in [9.17, 15) is 4.21 Å². The van der Waals surface area contributed by atoms with E-state index in [-0.39, 0.29) is 0 Å². The summed E-state index contributed by atoms with van der Waals surface area (Å²) < 4.78 is 11.0. The highest BCUT2D eigenvalue weighted by Gasteiger charge is 2.27. The molecule has 1 fully saturated rings. The quantitative estimate of drug-likeness (QED) is 0.735. The fraction of sp³-hybridized carbons (Fsp3) is 0.667. The standard InChI is InChI=1S/C12H20N4OS/c1-13-10-8-11(14-6-3-7-18(2)17)16-12(15-10)9-4-5-9/h8-9H,3-7H2,1-2H3,(H2,13,14,15,16). The van der Waals surface area contributed by atoms with Gasteiger partial charge in [-0.1, -0.05) is 0 Å². The molecule has 2 rings (SSSR count). The van der Waals surface area contributed by atoms with Gasteiger partial charge in [-0.05, 0) is 19.3 Å². The Bertz CT molecular complexity index is 434. The summed E-state index contributed by atoms with van der Waals surface area (Å²) in [6, 6.07) is 1.91. The number of nitrogens with one attached hydrogen (secondary N) is 2. The second-order valence-corrected chi connectivity index (χ2v) is 6.13. The zero-order valence-corrected chi connectivity index (χ0v) is 11.7. The molecule has 1 saturated carbocycles. The third-order valence-corrected chi connectivity index (χ3v) is 3.72. The van der Waals surface area contributed by atoms with Crippen LogP contribution >= 0.6 is 0 Å². The lowest BCUT2D eigenvalue weighted by atomic mass is 10.3. The average Bonchev–Trinajstić information content (AvgIpc) is 3.18. The molecule has 1 aromatic rings. The second kappa shape index (κ2) is 6.13. The van der Waals surface area contributed by atoms with Gasteiger partial charge in [0.2, 0.25) is 0 Å². The summed E-state index contributed by atoms with van der Waals surface area (Å²) in [6.45, 7) is 0.795. The molecule has 1 aromatic heterocycles. The minimum Gasteiger partial charge on any atom is -0.373 e. The topological polar surface area (TPSA) is 66.9 Å². The van der Waals surface area contributed by atoms with E-state index in [4.69, 9.17) is 0 Å². The SMILES string of the molecule is CNc1cc(NCCCS(C)=O)nc(C2CC2)n1. The molecule has 1 heterocycles. The molecule has 0 amide bonds. The first kappa shape index (κ1) is 13.3. The Balaban J connectivity index is 1.93. The van der Waals surface area contributed by atoms with E-state index in [1.54, 1.807) is 6.26 Å². The molecule has 1 aliphatic rings. The van der Waals surface area contributed by atoms with E-state index in [1.165, 1.54) is 12.8 Å². The Morgan fingerprint density at radius 3 is 2.72 bits per heavy atom. The van der Waals surface area contributed by atoms with E-state index in [0.29, 0.717) is 5.92 Å². The van der Waals surface area contributed by atoms with Crippen LogP contribution < -0.4 is 10.6 Å². The van der Waals surface area contributed by atoms with Crippen LogP contribution in [0.15, 0.2) is 6.07 Å². The van der Waals surface area contributed by atoms with Crippen LogP contribution in [0.3, 0.4) is 0 Å². The second-order valence-electron chi connectivity index (χ2n) is 4.58. The van der Waals surface area contributed by atoms with Gasteiger partial charge in [0, 0.05) is 48.4 Å². The summed E-state index contributed by atoms with van der Waals surface area (Å²) in [4.78, 5) is 8.98. The van der Waals surface area contributed by atoms with Gasteiger partial charge in [0.25, 0.3) is 0 Å². The smallest absolute Gasteiger partial charge is 0.136 e. The van der Waals surface area contributed by atoms with Gasteiger partial charge < -0.3 is 10.6 Å². The predicted molar refractivity (Wildman–Crippen MR) is 75.6 cm³/mol. The first-order valence-corrected chi connectivity index (χ1v) is 8.02. The summed E-state index contributed by atoms with van der Waals surface area (Å²) in [7, 11) is 1.15. The Morgan fingerprint density at radius 2 is 2.11 bits per heavy atom. The molecule has 0 aliphatic heterocycles. The van der Waals surface area contributed by atoms with Gasteiger partial charge in [0.15, 0.2) is 0 Å². The lowest BCUT2D eigenvalue weighted by molar-refractivity contribution is 0.685. The molecule has 0 spiro atoms. The molecular weight excluding hydrogens is 248 g/mol. The highest BCUT2D eigenvalue weighted by atomic mass is 32.2. The maximum Gasteiger partial charge on any atom is 0.136 e. The molecule has 0 radical (unpaired) electrons. The van der Waals surface area contributed by atoms with Crippen molar-refractivity contribution in [1.82, 2.24) is 9.97 Å². The number of hydrogen-bond donors (Lipinski definition) is 2. The van der Waals surface area contributed by atoms with Gasteiger partial charge in [0.1, 0.15) is 17.5 Å². The molecule has 1 unspecified atom stereocenters. The molecule has 2 N–H and O–H groups in total. The monoisotopic (exact) mass is 268 g/mol. The summed E-state index contributed by atoms with van der Waals surface area (Å²) in [6.07, 6.45) is 5.01. The highest BCUT2D eigenvalue weighted by Crippen LogP contribution is 2.38. The summed E-state index contributed by atoms with van der Waals surface area (Å²) in [5.41, 5.74) is 0. The molecule has 5 nitrogen and oxygen atoms in total. The average molecular weight is 268 g/mol. The van der Waals surface area contributed by atoms with Crippen LogP contribution in [-0.4, -0.2) is 39.8 Å². The van der Waals surface area contributed by atoms with Crippen molar-refractivity contribution in [3.05, 3.63) is 11.9 Å². The molecule has 0 aromatic carbocycles. The Labute approximate surface area is 110 Å².